The first-order valence-corrected chi connectivity index (χ1v) is 17.0. The zero-order chi connectivity index (χ0) is 41.7. The third kappa shape index (κ3) is 6.42. The largest absolute Gasteiger partial charge is 0.508 e. The Labute approximate surface area is 322 Å². The summed E-state index contributed by atoms with van der Waals surface area (Å²) >= 11 is 0. The Bertz CT molecular complexity index is 2700. The maximum atomic E-state index is 13.9. The number of aromatic hydroxyl groups is 1. The summed E-state index contributed by atoms with van der Waals surface area (Å²) in [6.45, 7) is 2.57. The fourth-order valence-corrected chi connectivity index (χ4v) is 6.97. The van der Waals surface area contributed by atoms with Gasteiger partial charge in [0.15, 0.2) is 0 Å². The monoisotopic (exact) mass is 795 g/mol. The number of hydrogen-bond acceptors (Lipinski definition) is 17. The molecular formula is C36H25N7O15. The smallest absolute Gasteiger partial charge is 0.350 e. The van der Waals surface area contributed by atoms with E-state index < -0.39 is 101 Å². The Kier molecular flexibility index (Phi) is 9.52. The van der Waals surface area contributed by atoms with E-state index in [2.05, 4.69) is 5.16 Å². The lowest BCUT2D eigenvalue weighted by Gasteiger charge is -2.22. The number of nitro groups is 4. The third-order valence-electron chi connectivity index (χ3n) is 9.57. The predicted octanol–water partition coefficient (Wildman–Crippen LogP) is 5.27. The number of non-ortho nitro benzene ring substituents is 2. The van der Waals surface area contributed by atoms with E-state index in [1.807, 2.05) is 0 Å². The van der Waals surface area contributed by atoms with Crippen molar-refractivity contribution in [2.24, 2.45) is 5.16 Å². The van der Waals surface area contributed by atoms with Gasteiger partial charge < -0.3 is 24.0 Å². The number of esters is 1. The number of benzene rings is 3. The Balaban J connectivity index is 1.26. The molecule has 0 saturated heterocycles. The number of nitro benzene ring substituents is 4. The van der Waals surface area contributed by atoms with Crippen LogP contribution in [-0.2, 0) is 37.1 Å². The molecule has 58 heavy (non-hydrogen) atoms. The first kappa shape index (κ1) is 38.1. The summed E-state index contributed by atoms with van der Waals surface area (Å²) in [5.41, 5.74) is -4.23. The number of fused-ring (bicyclic) bond motifs is 7. The number of hydrogen-bond donors (Lipinski definition) is 1. The van der Waals surface area contributed by atoms with Crippen molar-refractivity contribution in [2.75, 3.05) is 0 Å². The topological polar surface area (TPSA) is 302 Å². The number of aromatic nitrogens is 2. The lowest BCUT2D eigenvalue weighted by molar-refractivity contribution is -0.395. The minimum atomic E-state index is -1.63. The Morgan fingerprint density at radius 3 is 2.10 bits per heavy atom. The van der Waals surface area contributed by atoms with Crippen molar-refractivity contribution in [3.63, 3.8) is 0 Å². The summed E-state index contributed by atoms with van der Waals surface area (Å²) in [4.78, 5) is 92.7. The highest BCUT2D eigenvalue weighted by Gasteiger charge is 2.42. The number of oxime groups is 1. The van der Waals surface area contributed by atoms with E-state index in [9.17, 15) is 59.9 Å². The van der Waals surface area contributed by atoms with Crippen LogP contribution in [0, 0.1) is 40.5 Å². The molecule has 0 spiro atoms. The van der Waals surface area contributed by atoms with Gasteiger partial charge in [-0.15, -0.1) is 0 Å². The highest BCUT2D eigenvalue weighted by atomic mass is 16.7. The van der Waals surface area contributed by atoms with E-state index in [4.69, 9.17) is 19.3 Å². The number of pyridine rings is 2. The molecule has 3 aromatic carbocycles. The number of carbonyl (C=O) groups excluding carboxylic acids is 2. The van der Waals surface area contributed by atoms with Gasteiger partial charge in [0.05, 0.1) is 72.0 Å². The molecule has 7 rings (SSSR count). The van der Waals surface area contributed by atoms with Crippen LogP contribution >= 0.6 is 0 Å². The Morgan fingerprint density at radius 1 is 0.931 bits per heavy atom. The van der Waals surface area contributed by atoms with Crippen molar-refractivity contribution in [3.05, 3.63) is 133 Å². The highest BCUT2D eigenvalue weighted by molar-refractivity contribution is 6.27. The maximum Gasteiger partial charge on any atom is 0.350 e. The molecule has 2 aromatic heterocycles. The van der Waals surface area contributed by atoms with E-state index in [0.29, 0.717) is 40.0 Å². The van der Waals surface area contributed by atoms with Crippen LogP contribution in [0.4, 0.5) is 22.7 Å². The van der Waals surface area contributed by atoms with E-state index in [-0.39, 0.29) is 36.3 Å². The Hall–Kier alpha value is -8.17. The summed E-state index contributed by atoms with van der Waals surface area (Å²) in [7, 11) is 0. The number of phenols is 1. The molecule has 2 aliphatic rings. The number of ether oxygens (including phenoxy) is 2. The second-order valence-electron chi connectivity index (χ2n) is 13.0. The van der Waals surface area contributed by atoms with Crippen LogP contribution in [0.5, 0.6) is 5.75 Å². The summed E-state index contributed by atoms with van der Waals surface area (Å²) < 4.78 is 12.2. The van der Waals surface area contributed by atoms with Gasteiger partial charge in [-0.3, -0.25) is 50.0 Å². The SMILES string of the molecule is CC[C@H](OC(=O)[C@@H](C)ON=C1c2cc([N+](=O)[O-])cc([N+](=O)[O-])c2-c2c1cc([N+](=O)[O-])cc2[N+](=O)[O-])c1cc2n(c(=O)c1COC=O)Cc1cc3cc(O)ccc3nc1-2. The van der Waals surface area contributed by atoms with Crippen LogP contribution in [0.25, 0.3) is 33.4 Å². The van der Waals surface area contributed by atoms with Crippen LogP contribution in [-0.4, -0.2) is 58.6 Å². The molecule has 22 heteroatoms. The lowest BCUT2D eigenvalue weighted by Crippen LogP contribution is -2.29. The molecule has 0 unspecified atom stereocenters. The molecule has 0 bridgehead atoms. The maximum absolute atomic E-state index is 13.9. The second kappa shape index (κ2) is 14.5. The summed E-state index contributed by atoms with van der Waals surface area (Å²) in [6.07, 6.45) is -2.73. The van der Waals surface area contributed by atoms with Crippen LogP contribution in [0.2, 0.25) is 0 Å². The summed E-state index contributed by atoms with van der Waals surface area (Å²) in [5.74, 6) is -1.06. The fraction of sp³-hybridized carbons (Fsp3) is 0.194. The molecule has 1 aliphatic heterocycles. The van der Waals surface area contributed by atoms with Crippen molar-refractivity contribution in [2.45, 2.75) is 45.6 Å². The minimum Gasteiger partial charge on any atom is -0.508 e. The van der Waals surface area contributed by atoms with Gasteiger partial charge in [0.1, 0.15) is 24.2 Å². The summed E-state index contributed by atoms with van der Waals surface area (Å²) in [6, 6.07) is 10.7. The molecule has 22 nitrogen and oxygen atoms in total. The molecule has 3 heterocycles. The van der Waals surface area contributed by atoms with E-state index in [0.717, 1.165) is 12.1 Å². The molecular weight excluding hydrogens is 770 g/mol. The second-order valence-corrected chi connectivity index (χ2v) is 13.0. The normalized spacial score (nSPS) is 13.0. The van der Waals surface area contributed by atoms with Crippen molar-refractivity contribution in [1.82, 2.24) is 9.55 Å². The van der Waals surface area contributed by atoms with Gasteiger partial charge >= 0.3 is 5.97 Å². The van der Waals surface area contributed by atoms with Gasteiger partial charge in [0, 0.05) is 39.8 Å². The quantitative estimate of drug-likeness (QED) is 0.0672. The molecule has 0 fully saturated rings. The number of rotatable bonds is 13. The summed E-state index contributed by atoms with van der Waals surface area (Å²) in [5, 5.41) is 62.2. The van der Waals surface area contributed by atoms with Crippen molar-refractivity contribution in [3.8, 4) is 28.3 Å². The molecule has 0 radical (unpaired) electrons. The van der Waals surface area contributed by atoms with Gasteiger partial charge in [-0.25, -0.2) is 9.78 Å². The minimum absolute atomic E-state index is 0.00938. The molecule has 294 valence electrons. The van der Waals surface area contributed by atoms with Crippen LogP contribution in [0.1, 0.15) is 54.2 Å². The van der Waals surface area contributed by atoms with Crippen LogP contribution in [0.15, 0.2) is 64.5 Å². The molecule has 1 aliphatic carbocycles. The standard InChI is InChI=1S/C36H25N7O15/c1-3-30(22-12-29-33-18(6-17-7-21(45)4-5-26(17)37-33)13-39(29)35(46)25(22)14-56-15-44)57-36(47)16(2)58-38-34-23-8-19(40(48)49)10-27(42(52)53)31(23)32-24(34)9-20(41(50)51)11-28(32)43(54)55/h4-12,15-16,30,45H,3,13-14H2,1-2H3/t16-,30+/m1/s1. The predicted molar refractivity (Wildman–Crippen MR) is 197 cm³/mol. The number of phenolic OH excluding ortho intramolecular Hbond substituents is 1. The first-order valence-electron chi connectivity index (χ1n) is 17.0. The number of nitrogens with zero attached hydrogens (tertiary/aromatic N) is 7. The molecule has 2 atom stereocenters. The van der Waals surface area contributed by atoms with Gasteiger partial charge in [-0.1, -0.05) is 12.1 Å². The van der Waals surface area contributed by atoms with Crippen LogP contribution in [0.3, 0.4) is 0 Å². The number of carbonyl (C=O) groups is 2. The first-order chi connectivity index (χ1) is 27.6. The van der Waals surface area contributed by atoms with Crippen LogP contribution < -0.4 is 5.56 Å². The average Bonchev–Trinajstić information content (AvgIpc) is 3.71. The van der Waals surface area contributed by atoms with Gasteiger partial charge in [0.2, 0.25) is 6.10 Å². The van der Waals surface area contributed by atoms with E-state index in [1.165, 1.54) is 23.6 Å². The molecule has 0 saturated carbocycles. The fourth-order valence-electron chi connectivity index (χ4n) is 6.97. The van der Waals surface area contributed by atoms with Crippen molar-refractivity contribution < 1.29 is 48.7 Å². The average molecular weight is 796 g/mol. The van der Waals surface area contributed by atoms with Gasteiger partial charge in [-0.05, 0) is 43.7 Å². The Morgan fingerprint density at radius 2 is 1.55 bits per heavy atom. The van der Waals surface area contributed by atoms with E-state index in [1.54, 1.807) is 25.1 Å². The molecule has 5 aromatic rings. The zero-order valence-corrected chi connectivity index (χ0v) is 29.8. The van der Waals surface area contributed by atoms with Crippen molar-refractivity contribution >= 4 is 51.8 Å². The molecule has 1 N–H and O–H groups in total. The molecule has 0 amide bonds. The zero-order valence-electron chi connectivity index (χ0n) is 29.8. The van der Waals surface area contributed by atoms with Crippen molar-refractivity contribution in [1.29, 1.82) is 0 Å². The lowest BCUT2D eigenvalue weighted by atomic mass is 10.00. The highest BCUT2D eigenvalue weighted by Crippen LogP contribution is 2.50. The van der Waals surface area contributed by atoms with Gasteiger partial charge in [0.25, 0.3) is 34.8 Å². The third-order valence-corrected chi connectivity index (χ3v) is 9.57. The van der Waals surface area contributed by atoms with E-state index >= 15 is 0 Å². The van der Waals surface area contributed by atoms with Gasteiger partial charge in [-0.2, -0.15) is 0 Å².